The van der Waals surface area contributed by atoms with Crippen molar-refractivity contribution in [1.82, 2.24) is 20.2 Å². The Balaban J connectivity index is 1.39. The number of ether oxygens (including phenoxy) is 1. The van der Waals surface area contributed by atoms with Crippen molar-refractivity contribution in [2.45, 2.75) is 50.8 Å². The molecule has 0 amide bonds. The van der Waals surface area contributed by atoms with E-state index in [4.69, 9.17) is 14.7 Å². The van der Waals surface area contributed by atoms with E-state index in [1.165, 1.54) is 31.2 Å². The summed E-state index contributed by atoms with van der Waals surface area (Å²) in [5.74, 6) is 1.85. The van der Waals surface area contributed by atoms with Gasteiger partial charge < -0.3 is 25.2 Å². The summed E-state index contributed by atoms with van der Waals surface area (Å²) in [5, 5.41) is 7.18. The number of likely N-dealkylation sites (tertiary alicyclic amines) is 1. The molecule has 1 aromatic rings. The molecule has 26 heavy (non-hydrogen) atoms. The standard InChI is InChI=1S/C19H32N6O/c1-24(2)19-22-17-12-20-8-5-16(17)18(23-19)21-14-6-9-25(10-7-14)13-15-4-3-11-26-15/h14-15,20H,3-13H2,1-2H3,(H,21,22,23). The first kappa shape index (κ1) is 17.9. The van der Waals surface area contributed by atoms with E-state index in [0.717, 1.165) is 63.2 Å². The monoisotopic (exact) mass is 360 g/mol. The first-order valence-corrected chi connectivity index (χ1v) is 10.1. The summed E-state index contributed by atoms with van der Waals surface area (Å²) in [6.45, 7) is 6.19. The van der Waals surface area contributed by atoms with Gasteiger partial charge in [-0.1, -0.05) is 0 Å². The molecule has 4 heterocycles. The van der Waals surface area contributed by atoms with Gasteiger partial charge in [-0.05, 0) is 38.6 Å². The Morgan fingerprint density at radius 1 is 1.23 bits per heavy atom. The van der Waals surface area contributed by atoms with E-state index in [9.17, 15) is 0 Å². The van der Waals surface area contributed by atoms with Crippen LogP contribution in [-0.4, -0.2) is 73.9 Å². The SMILES string of the molecule is CN(C)c1nc2c(c(NC3CCN(CC4CCCO4)CC3)n1)CCNC2. The quantitative estimate of drug-likeness (QED) is 0.819. The van der Waals surface area contributed by atoms with Crippen LogP contribution in [-0.2, 0) is 17.7 Å². The molecule has 1 atom stereocenters. The Hall–Kier alpha value is -1.44. The van der Waals surface area contributed by atoms with Crippen molar-refractivity contribution in [2.75, 3.05) is 57.1 Å². The topological polar surface area (TPSA) is 65.6 Å². The summed E-state index contributed by atoms with van der Waals surface area (Å²) in [4.78, 5) is 14.1. The summed E-state index contributed by atoms with van der Waals surface area (Å²) in [5.41, 5.74) is 2.45. The number of rotatable bonds is 5. The third kappa shape index (κ3) is 4.10. The molecule has 7 heteroatoms. The molecule has 3 aliphatic heterocycles. The molecule has 0 aromatic carbocycles. The number of hydrogen-bond donors (Lipinski definition) is 2. The molecule has 1 aromatic heterocycles. The number of nitrogens with one attached hydrogen (secondary N) is 2. The highest BCUT2D eigenvalue weighted by atomic mass is 16.5. The molecular formula is C19H32N6O. The minimum atomic E-state index is 0.462. The Labute approximate surface area is 156 Å². The van der Waals surface area contributed by atoms with Gasteiger partial charge in [-0.25, -0.2) is 4.98 Å². The van der Waals surface area contributed by atoms with Crippen LogP contribution in [0.5, 0.6) is 0 Å². The van der Waals surface area contributed by atoms with Crippen LogP contribution < -0.4 is 15.5 Å². The van der Waals surface area contributed by atoms with Gasteiger partial charge in [0.25, 0.3) is 0 Å². The zero-order valence-corrected chi connectivity index (χ0v) is 16.1. The number of nitrogens with zero attached hydrogens (tertiary/aromatic N) is 4. The van der Waals surface area contributed by atoms with Crippen LogP contribution in [0.15, 0.2) is 0 Å². The van der Waals surface area contributed by atoms with E-state index >= 15 is 0 Å². The van der Waals surface area contributed by atoms with E-state index in [2.05, 4.69) is 15.5 Å². The molecule has 2 fully saturated rings. The summed E-state index contributed by atoms with van der Waals surface area (Å²) in [7, 11) is 4.01. The summed E-state index contributed by atoms with van der Waals surface area (Å²) < 4.78 is 5.79. The number of fused-ring (bicyclic) bond motifs is 1. The molecule has 4 rings (SSSR count). The van der Waals surface area contributed by atoms with Gasteiger partial charge in [-0.2, -0.15) is 4.98 Å². The first-order chi connectivity index (χ1) is 12.7. The molecule has 2 N–H and O–H groups in total. The van der Waals surface area contributed by atoms with E-state index in [0.29, 0.717) is 12.1 Å². The molecule has 7 nitrogen and oxygen atoms in total. The van der Waals surface area contributed by atoms with Crippen LogP contribution in [0.1, 0.15) is 36.9 Å². The lowest BCUT2D eigenvalue weighted by molar-refractivity contribution is 0.0654. The molecule has 0 aliphatic carbocycles. The highest BCUT2D eigenvalue weighted by Crippen LogP contribution is 2.25. The fourth-order valence-electron chi connectivity index (χ4n) is 4.20. The fraction of sp³-hybridized carbons (Fsp3) is 0.789. The molecule has 1 unspecified atom stereocenters. The Morgan fingerprint density at radius 3 is 2.81 bits per heavy atom. The molecule has 144 valence electrons. The van der Waals surface area contributed by atoms with Crippen molar-refractivity contribution < 1.29 is 4.74 Å². The lowest BCUT2D eigenvalue weighted by Crippen LogP contribution is -2.42. The van der Waals surface area contributed by atoms with Crippen molar-refractivity contribution >= 4 is 11.8 Å². The predicted octanol–water partition coefficient (Wildman–Crippen LogP) is 1.24. The smallest absolute Gasteiger partial charge is 0.227 e. The van der Waals surface area contributed by atoms with Gasteiger partial charge in [0.1, 0.15) is 5.82 Å². The predicted molar refractivity (Wildman–Crippen MR) is 104 cm³/mol. The van der Waals surface area contributed by atoms with Gasteiger partial charge in [0.15, 0.2) is 0 Å². The molecular weight excluding hydrogens is 328 g/mol. The molecule has 0 spiro atoms. The number of piperidine rings is 1. The van der Waals surface area contributed by atoms with Gasteiger partial charge in [0, 0.05) is 58.5 Å². The zero-order chi connectivity index (χ0) is 17.9. The number of aromatic nitrogens is 2. The largest absolute Gasteiger partial charge is 0.377 e. The van der Waals surface area contributed by atoms with Crippen LogP contribution in [0.4, 0.5) is 11.8 Å². The van der Waals surface area contributed by atoms with Gasteiger partial charge in [-0.15, -0.1) is 0 Å². The second-order valence-electron chi connectivity index (χ2n) is 7.97. The Morgan fingerprint density at radius 2 is 2.08 bits per heavy atom. The van der Waals surface area contributed by atoms with Gasteiger partial charge >= 0.3 is 0 Å². The van der Waals surface area contributed by atoms with Gasteiger partial charge in [-0.3, -0.25) is 0 Å². The maximum atomic E-state index is 5.79. The van der Waals surface area contributed by atoms with Gasteiger partial charge in [0.2, 0.25) is 5.95 Å². The van der Waals surface area contributed by atoms with Crippen LogP contribution in [0, 0.1) is 0 Å². The fourth-order valence-corrected chi connectivity index (χ4v) is 4.20. The summed E-state index contributed by atoms with van der Waals surface area (Å²) in [6.07, 6.45) is 6.26. The molecule has 0 radical (unpaired) electrons. The molecule has 2 saturated heterocycles. The molecule has 0 bridgehead atoms. The Kier molecular flexibility index (Phi) is 5.57. The molecule has 0 saturated carbocycles. The maximum absolute atomic E-state index is 5.79. The van der Waals surface area contributed by atoms with Crippen molar-refractivity contribution in [3.63, 3.8) is 0 Å². The minimum absolute atomic E-state index is 0.462. The first-order valence-electron chi connectivity index (χ1n) is 10.1. The van der Waals surface area contributed by atoms with Crippen molar-refractivity contribution in [2.24, 2.45) is 0 Å². The van der Waals surface area contributed by atoms with Crippen LogP contribution >= 0.6 is 0 Å². The Bertz CT molecular complexity index is 608. The highest BCUT2D eigenvalue weighted by Gasteiger charge is 2.26. The van der Waals surface area contributed by atoms with Crippen molar-refractivity contribution in [1.29, 1.82) is 0 Å². The normalized spacial score (nSPS) is 24.5. The summed E-state index contributed by atoms with van der Waals surface area (Å²) in [6, 6.07) is 0.500. The van der Waals surface area contributed by atoms with E-state index < -0.39 is 0 Å². The summed E-state index contributed by atoms with van der Waals surface area (Å²) >= 11 is 0. The third-order valence-electron chi connectivity index (χ3n) is 5.74. The highest BCUT2D eigenvalue weighted by molar-refractivity contribution is 5.52. The van der Waals surface area contributed by atoms with Crippen molar-refractivity contribution in [3.05, 3.63) is 11.3 Å². The number of hydrogen-bond acceptors (Lipinski definition) is 7. The lowest BCUT2D eigenvalue weighted by atomic mass is 10.0. The van der Waals surface area contributed by atoms with E-state index in [1.54, 1.807) is 0 Å². The second kappa shape index (κ2) is 8.06. The van der Waals surface area contributed by atoms with Crippen molar-refractivity contribution in [3.8, 4) is 0 Å². The average molecular weight is 361 g/mol. The minimum Gasteiger partial charge on any atom is -0.377 e. The average Bonchev–Trinajstić information content (AvgIpc) is 3.16. The van der Waals surface area contributed by atoms with Crippen LogP contribution in [0.3, 0.4) is 0 Å². The van der Waals surface area contributed by atoms with Gasteiger partial charge in [0.05, 0.1) is 11.8 Å². The van der Waals surface area contributed by atoms with Crippen LogP contribution in [0.25, 0.3) is 0 Å². The second-order valence-corrected chi connectivity index (χ2v) is 7.97. The zero-order valence-electron chi connectivity index (χ0n) is 16.1. The maximum Gasteiger partial charge on any atom is 0.227 e. The van der Waals surface area contributed by atoms with E-state index in [-0.39, 0.29) is 0 Å². The third-order valence-corrected chi connectivity index (χ3v) is 5.74. The molecule has 3 aliphatic rings. The lowest BCUT2D eigenvalue weighted by Gasteiger charge is -2.34. The van der Waals surface area contributed by atoms with Crippen LogP contribution in [0.2, 0.25) is 0 Å². The number of anilines is 2. The van der Waals surface area contributed by atoms with E-state index in [1.807, 2.05) is 19.0 Å².